The van der Waals surface area contributed by atoms with Gasteiger partial charge in [-0.1, -0.05) is 91.0 Å². The minimum absolute atomic E-state index is 0. The second-order valence-corrected chi connectivity index (χ2v) is 16.4. The molecule has 3 N–H and O–H groups in total. The second kappa shape index (κ2) is 21.4. The molecule has 0 fully saturated rings. The summed E-state index contributed by atoms with van der Waals surface area (Å²) >= 11 is 0. The maximum absolute atomic E-state index is 4.08. The maximum Gasteiger partial charge on any atom is 0.0757 e. The summed E-state index contributed by atoms with van der Waals surface area (Å²) in [6, 6.07) is 32.4. The summed E-state index contributed by atoms with van der Waals surface area (Å²) in [5, 5.41) is 11.8. The van der Waals surface area contributed by atoms with E-state index in [1.807, 2.05) is 0 Å². The molecule has 0 amide bonds. The molecular weight excluding hydrogens is 820 g/mol. The molecule has 311 valence electrons. The van der Waals surface area contributed by atoms with Crippen LogP contribution in [0.25, 0.3) is 0 Å². The summed E-state index contributed by atoms with van der Waals surface area (Å²) in [6.07, 6.45) is 0. The van der Waals surface area contributed by atoms with E-state index in [0.717, 1.165) is 6.54 Å². The number of hydrogen-bond acceptors (Lipinski definition) is 3. The smallest absolute Gasteiger partial charge is 0.0757 e. The molecule has 5 heteroatoms. The summed E-state index contributed by atoms with van der Waals surface area (Å²) in [6.45, 7) is 34.4. The van der Waals surface area contributed by atoms with Crippen LogP contribution in [-0.2, 0) is 43.1 Å². The molecule has 2 atom stereocenters. The second-order valence-electron chi connectivity index (χ2n) is 16.4. The van der Waals surface area contributed by atoms with Crippen molar-refractivity contribution < 1.29 is 36.5 Å². The summed E-state index contributed by atoms with van der Waals surface area (Å²) in [7, 11) is 0. The van der Waals surface area contributed by atoms with Gasteiger partial charge >= 0.3 is 0 Å². The van der Waals surface area contributed by atoms with Crippen molar-refractivity contribution in [2.45, 2.75) is 122 Å². The molecule has 0 aliphatic carbocycles. The number of nitrogens with one attached hydrogen (secondary N) is 3. The molecule has 59 heavy (non-hydrogen) atoms. The largest absolute Gasteiger partial charge is 0.381 e. The number of benzene rings is 6. The van der Waals surface area contributed by atoms with Gasteiger partial charge in [-0.15, -0.1) is 0 Å². The van der Waals surface area contributed by atoms with E-state index in [4.69, 9.17) is 0 Å². The minimum Gasteiger partial charge on any atom is -0.381 e. The molecule has 6 aromatic rings. The van der Waals surface area contributed by atoms with Crippen LogP contribution in [0.1, 0.15) is 112 Å². The Bertz CT molecular complexity index is 2150. The van der Waals surface area contributed by atoms with Crippen LogP contribution in [-0.4, -0.2) is 0 Å². The first-order chi connectivity index (χ1) is 27.1. The Kier molecular flexibility index (Phi) is 17.9. The Balaban J connectivity index is 0.000000374. The SMILES string of the molecule is Cc1c(C)c(C)c(NC(c2ccccc2)C(Nc2c(C)c(C)c(C)c(C)c2C)c2ccccc2)c(C)c1C.Cc1c(C)c(C)c(NCc2ccccc2)c(C)c1C.[Cu].[Zn]. The molecule has 0 spiro atoms. The van der Waals surface area contributed by atoms with Gasteiger partial charge in [0.05, 0.1) is 12.1 Å². The van der Waals surface area contributed by atoms with E-state index in [0.29, 0.717) is 0 Å². The maximum atomic E-state index is 4.08. The molecule has 0 aliphatic rings. The fraction of sp³-hybridized carbons (Fsp3) is 0.333. The third kappa shape index (κ3) is 10.6. The van der Waals surface area contributed by atoms with Crippen molar-refractivity contribution in [3.05, 3.63) is 191 Å². The predicted octanol–water partition coefficient (Wildman–Crippen LogP) is 14.6. The molecule has 0 aliphatic heterocycles. The van der Waals surface area contributed by atoms with Crippen LogP contribution in [0.4, 0.5) is 17.1 Å². The average molecular weight is 887 g/mol. The first kappa shape index (κ1) is 49.2. The van der Waals surface area contributed by atoms with Gasteiger partial charge in [0.2, 0.25) is 0 Å². The van der Waals surface area contributed by atoms with Crippen molar-refractivity contribution in [1.82, 2.24) is 0 Å². The third-order valence-corrected chi connectivity index (χ3v) is 13.6. The van der Waals surface area contributed by atoms with Crippen molar-refractivity contribution in [2.24, 2.45) is 0 Å². The topological polar surface area (TPSA) is 36.1 Å². The van der Waals surface area contributed by atoms with Crippen LogP contribution >= 0.6 is 0 Å². The van der Waals surface area contributed by atoms with Crippen molar-refractivity contribution in [1.29, 1.82) is 0 Å². The Morgan fingerprint density at radius 1 is 0.322 bits per heavy atom. The van der Waals surface area contributed by atoms with E-state index in [2.05, 4.69) is 211 Å². The normalized spacial score (nSPS) is 11.6. The molecular formula is C54H67CuN3Zn. The van der Waals surface area contributed by atoms with E-state index in [-0.39, 0.29) is 48.6 Å². The monoisotopic (exact) mass is 884 g/mol. The van der Waals surface area contributed by atoms with Crippen LogP contribution in [0.5, 0.6) is 0 Å². The third-order valence-electron chi connectivity index (χ3n) is 13.6. The van der Waals surface area contributed by atoms with E-state index in [9.17, 15) is 0 Å². The molecule has 6 aromatic carbocycles. The quantitative estimate of drug-likeness (QED) is 0.120. The zero-order chi connectivity index (χ0) is 41.7. The zero-order valence-corrected chi connectivity index (χ0v) is 42.4. The van der Waals surface area contributed by atoms with E-state index < -0.39 is 0 Å². The summed E-state index contributed by atoms with van der Waals surface area (Å²) in [5.41, 5.74) is 28.1. The zero-order valence-electron chi connectivity index (χ0n) is 38.5. The standard InChI is InChI=1S/C36H44N2.C18H23N.Cu.Zn/c1-21-23(3)27(7)33(28(8)24(21)4)37-35(31-17-13-11-14-18-31)36(32-19-15-12-16-20-32)38-34-29(9)25(5)22(2)26(6)30(34)10;1-12-13(2)15(4)18(16(5)14(12)3)19-11-17-9-7-6-8-10-17;;/h11-20,35-38H,1-10H3;6-10,19H,11H2,1-5H3;;. The molecule has 0 aromatic heterocycles. The van der Waals surface area contributed by atoms with Crippen molar-refractivity contribution in [2.75, 3.05) is 16.0 Å². The molecule has 0 saturated carbocycles. The van der Waals surface area contributed by atoms with Crippen LogP contribution < -0.4 is 16.0 Å². The molecule has 2 unspecified atom stereocenters. The Hall–Kier alpha value is -4.14. The minimum atomic E-state index is 0. The van der Waals surface area contributed by atoms with E-state index in [1.165, 1.54) is 117 Å². The fourth-order valence-corrected chi connectivity index (χ4v) is 8.33. The molecule has 0 heterocycles. The number of hydrogen-bond donors (Lipinski definition) is 3. The Morgan fingerprint density at radius 3 is 0.847 bits per heavy atom. The summed E-state index contributed by atoms with van der Waals surface area (Å²) in [5.74, 6) is 0. The first-order valence-corrected chi connectivity index (χ1v) is 20.7. The van der Waals surface area contributed by atoms with Gasteiger partial charge in [0.25, 0.3) is 0 Å². The van der Waals surface area contributed by atoms with Crippen molar-refractivity contribution in [3.8, 4) is 0 Å². The van der Waals surface area contributed by atoms with E-state index in [1.54, 1.807) is 0 Å². The van der Waals surface area contributed by atoms with Crippen LogP contribution in [0.3, 0.4) is 0 Å². The van der Waals surface area contributed by atoms with Gasteiger partial charge in [-0.05, 0) is 204 Å². The van der Waals surface area contributed by atoms with Crippen molar-refractivity contribution in [3.63, 3.8) is 0 Å². The number of anilines is 3. The van der Waals surface area contributed by atoms with Crippen LogP contribution in [0, 0.1) is 104 Å². The van der Waals surface area contributed by atoms with Gasteiger partial charge in [-0.3, -0.25) is 0 Å². The average Bonchev–Trinajstić information content (AvgIpc) is 3.24. The predicted molar refractivity (Wildman–Crippen MR) is 250 cm³/mol. The van der Waals surface area contributed by atoms with Gasteiger partial charge < -0.3 is 16.0 Å². The fourth-order valence-electron chi connectivity index (χ4n) is 8.33. The molecule has 0 bridgehead atoms. The molecule has 3 nitrogen and oxygen atoms in total. The van der Waals surface area contributed by atoms with Crippen molar-refractivity contribution >= 4 is 17.1 Å². The van der Waals surface area contributed by atoms with E-state index >= 15 is 0 Å². The van der Waals surface area contributed by atoms with Crippen LogP contribution in [0.2, 0.25) is 0 Å². The molecule has 0 saturated heterocycles. The Morgan fingerprint density at radius 2 is 0.559 bits per heavy atom. The Labute approximate surface area is 380 Å². The van der Waals surface area contributed by atoms with Gasteiger partial charge in [-0.25, -0.2) is 0 Å². The summed E-state index contributed by atoms with van der Waals surface area (Å²) in [4.78, 5) is 0. The van der Waals surface area contributed by atoms with Gasteiger partial charge in [-0.2, -0.15) is 0 Å². The number of rotatable bonds is 10. The van der Waals surface area contributed by atoms with Gasteiger partial charge in [0.15, 0.2) is 0 Å². The molecule has 6 rings (SSSR count). The molecule has 1 radical (unpaired) electrons. The van der Waals surface area contributed by atoms with Gasteiger partial charge in [0.1, 0.15) is 0 Å². The first-order valence-electron chi connectivity index (χ1n) is 20.7. The van der Waals surface area contributed by atoms with Crippen LogP contribution in [0.15, 0.2) is 91.0 Å². The van der Waals surface area contributed by atoms with Gasteiger partial charge in [0, 0.05) is 60.2 Å². The summed E-state index contributed by atoms with van der Waals surface area (Å²) < 4.78 is 0.